The molecule has 0 N–H and O–H groups in total. The summed E-state index contributed by atoms with van der Waals surface area (Å²) in [6.45, 7) is 0. The Morgan fingerprint density at radius 3 is 2.92 bits per heavy atom. The Morgan fingerprint density at radius 1 is 1.50 bits per heavy atom. The second-order valence-corrected chi connectivity index (χ2v) is 3.08. The van der Waals surface area contributed by atoms with Crippen LogP contribution in [0.25, 0.3) is 11.2 Å². The van der Waals surface area contributed by atoms with Crippen LogP contribution in [0.2, 0.25) is 0 Å². The van der Waals surface area contributed by atoms with Gasteiger partial charge in [-0.1, -0.05) is 4.98 Å². The highest BCUT2D eigenvalue weighted by atomic mass is 32.1. The number of hydrogen-bond donors (Lipinski definition) is 0. The first-order valence-electron chi connectivity index (χ1n) is 3.53. The van der Waals surface area contributed by atoms with Gasteiger partial charge in [-0.05, 0) is 5.03 Å². The van der Waals surface area contributed by atoms with Gasteiger partial charge in [-0.25, -0.2) is 9.55 Å². The summed E-state index contributed by atoms with van der Waals surface area (Å²) in [4.78, 5) is 8.08. The molecule has 12 heavy (non-hydrogen) atoms. The Balaban J connectivity index is 2.99. The molecule has 0 aromatic carbocycles. The molecule has 2 rings (SSSR count). The molecule has 4 nitrogen and oxygen atoms in total. The molecule has 0 radical (unpaired) electrons. The van der Waals surface area contributed by atoms with Gasteiger partial charge in [0.05, 0.1) is 14.1 Å². The van der Waals surface area contributed by atoms with Gasteiger partial charge in [0.2, 0.25) is 0 Å². The van der Waals surface area contributed by atoms with Crippen LogP contribution in [-0.2, 0) is 26.7 Å². The fourth-order valence-electron chi connectivity index (χ4n) is 1.29. The zero-order chi connectivity index (χ0) is 8.72. The predicted molar refractivity (Wildman–Crippen MR) is 45.3 cm³/mol. The van der Waals surface area contributed by atoms with Crippen LogP contribution in [0, 0.1) is 0 Å². The quantitative estimate of drug-likeness (QED) is 0.317. The van der Waals surface area contributed by atoms with Crippen molar-refractivity contribution in [3.8, 4) is 0 Å². The minimum atomic E-state index is 0.600. The van der Waals surface area contributed by atoms with Crippen molar-refractivity contribution in [1.29, 1.82) is 0 Å². The van der Waals surface area contributed by atoms with Gasteiger partial charge < -0.3 is 12.6 Å². The van der Waals surface area contributed by atoms with E-state index in [9.17, 15) is 0 Å². The molecule has 2 aromatic rings. The summed E-state index contributed by atoms with van der Waals surface area (Å²) in [5.74, 6) is 0. The van der Waals surface area contributed by atoms with Gasteiger partial charge in [-0.3, -0.25) is 4.57 Å². The second kappa shape index (κ2) is 2.38. The lowest BCUT2D eigenvalue weighted by Gasteiger charge is -2.00. The molecule has 0 bridgehead atoms. The van der Waals surface area contributed by atoms with E-state index in [1.807, 2.05) is 29.6 Å². The molecule has 0 aliphatic rings. The lowest BCUT2D eigenvalue weighted by molar-refractivity contribution is -0.647. The van der Waals surface area contributed by atoms with Crippen LogP contribution in [0.4, 0.5) is 0 Å². The molecule has 0 amide bonds. The average molecular weight is 180 g/mol. The zero-order valence-electron chi connectivity index (χ0n) is 6.85. The predicted octanol–water partition coefficient (Wildman–Crippen LogP) is -0.301. The number of nitrogens with zero attached hydrogens (tertiary/aromatic N) is 4. The molecule has 0 fully saturated rings. The minimum Gasteiger partial charge on any atom is -0.756 e. The number of hydrogen-bond acceptors (Lipinski definition) is 3. The molecular formula is C7H8N4S. The SMILES string of the molecule is Cn1c[n+](C)c2ncnc([S-])c21. The third kappa shape index (κ3) is 0.863. The fourth-order valence-corrected chi connectivity index (χ4v) is 1.58. The molecule has 0 aliphatic heterocycles. The normalized spacial score (nSPS) is 10.8. The third-order valence-corrected chi connectivity index (χ3v) is 2.10. The van der Waals surface area contributed by atoms with Crippen LogP contribution < -0.4 is 4.57 Å². The van der Waals surface area contributed by atoms with Crippen LogP contribution in [0.5, 0.6) is 0 Å². The summed E-state index contributed by atoms with van der Waals surface area (Å²) in [6, 6.07) is 0. The Kier molecular flexibility index (Phi) is 1.47. The van der Waals surface area contributed by atoms with E-state index in [0.29, 0.717) is 5.03 Å². The third-order valence-electron chi connectivity index (χ3n) is 1.80. The number of aromatic nitrogens is 4. The van der Waals surface area contributed by atoms with Crippen LogP contribution in [0.15, 0.2) is 17.7 Å². The fraction of sp³-hybridized carbons (Fsp3) is 0.286. The van der Waals surface area contributed by atoms with Crippen molar-refractivity contribution in [2.75, 3.05) is 0 Å². The second-order valence-electron chi connectivity index (χ2n) is 2.69. The van der Waals surface area contributed by atoms with Crippen molar-refractivity contribution in [1.82, 2.24) is 14.5 Å². The number of rotatable bonds is 0. The van der Waals surface area contributed by atoms with E-state index < -0.39 is 0 Å². The van der Waals surface area contributed by atoms with Crippen LogP contribution >= 0.6 is 0 Å². The standard InChI is InChI=1S/C7H8N4S/c1-10-4-11(2)6-5(10)7(12)9-3-8-6/h3-4H,1-2H3. The van der Waals surface area contributed by atoms with E-state index in [-0.39, 0.29) is 0 Å². The lowest BCUT2D eigenvalue weighted by Crippen LogP contribution is -2.26. The maximum absolute atomic E-state index is 5.07. The largest absolute Gasteiger partial charge is 0.756 e. The van der Waals surface area contributed by atoms with E-state index >= 15 is 0 Å². The summed E-state index contributed by atoms with van der Waals surface area (Å²) >= 11 is 5.07. The van der Waals surface area contributed by atoms with Gasteiger partial charge in [0, 0.05) is 0 Å². The zero-order valence-corrected chi connectivity index (χ0v) is 7.67. The van der Waals surface area contributed by atoms with Crippen molar-refractivity contribution in [2.24, 2.45) is 14.1 Å². The van der Waals surface area contributed by atoms with E-state index in [2.05, 4.69) is 9.97 Å². The first-order chi connectivity index (χ1) is 5.70. The first kappa shape index (κ1) is 7.42. The number of fused-ring (bicyclic) bond motifs is 1. The average Bonchev–Trinajstić information content (AvgIpc) is 2.29. The Morgan fingerprint density at radius 2 is 2.25 bits per heavy atom. The monoisotopic (exact) mass is 180 g/mol. The summed E-state index contributed by atoms with van der Waals surface area (Å²) in [5.41, 5.74) is 1.78. The summed E-state index contributed by atoms with van der Waals surface area (Å²) in [6.07, 6.45) is 3.42. The van der Waals surface area contributed by atoms with E-state index in [1.54, 1.807) is 0 Å². The maximum Gasteiger partial charge on any atom is 0.303 e. The van der Waals surface area contributed by atoms with Crippen molar-refractivity contribution in [3.05, 3.63) is 12.7 Å². The molecule has 2 heterocycles. The van der Waals surface area contributed by atoms with Crippen LogP contribution in [0.1, 0.15) is 0 Å². The first-order valence-corrected chi connectivity index (χ1v) is 3.93. The van der Waals surface area contributed by atoms with E-state index in [1.165, 1.54) is 6.33 Å². The summed E-state index contributed by atoms with van der Waals surface area (Å²) in [7, 11) is 3.87. The molecule has 0 aliphatic carbocycles. The van der Waals surface area contributed by atoms with E-state index in [0.717, 1.165) is 11.2 Å². The Hall–Kier alpha value is -1.23. The molecule has 0 spiro atoms. The Bertz CT molecular complexity index is 434. The molecule has 0 saturated carbocycles. The molecule has 5 heteroatoms. The lowest BCUT2D eigenvalue weighted by atomic mass is 10.5. The van der Waals surface area contributed by atoms with Crippen LogP contribution in [0.3, 0.4) is 0 Å². The smallest absolute Gasteiger partial charge is 0.303 e. The molecule has 62 valence electrons. The van der Waals surface area contributed by atoms with Gasteiger partial charge in [0.1, 0.15) is 0 Å². The number of imidazole rings is 1. The molecular weight excluding hydrogens is 172 g/mol. The topological polar surface area (TPSA) is 34.6 Å². The van der Waals surface area contributed by atoms with Crippen molar-refractivity contribution >= 4 is 23.8 Å². The summed E-state index contributed by atoms with van der Waals surface area (Å²) < 4.78 is 3.85. The molecule has 2 aromatic heterocycles. The van der Waals surface area contributed by atoms with Crippen molar-refractivity contribution in [2.45, 2.75) is 5.03 Å². The highest BCUT2D eigenvalue weighted by Crippen LogP contribution is 2.08. The van der Waals surface area contributed by atoms with Crippen molar-refractivity contribution < 1.29 is 4.57 Å². The maximum atomic E-state index is 5.07. The Labute approximate surface area is 75.3 Å². The molecule has 0 saturated heterocycles. The van der Waals surface area contributed by atoms with Gasteiger partial charge in [-0.15, -0.1) is 0 Å². The van der Waals surface area contributed by atoms with E-state index in [4.69, 9.17) is 12.6 Å². The summed E-state index contributed by atoms with van der Waals surface area (Å²) in [5, 5.41) is 0.600. The minimum absolute atomic E-state index is 0.600. The molecule has 0 atom stereocenters. The van der Waals surface area contributed by atoms with Crippen LogP contribution in [-0.4, -0.2) is 14.5 Å². The van der Waals surface area contributed by atoms with Gasteiger partial charge in [0.25, 0.3) is 0 Å². The van der Waals surface area contributed by atoms with Crippen molar-refractivity contribution in [3.63, 3.8) is 0 Å². The molecule has 0 unspecified atom stereocenters. The van der Waals surface area contributed by atoms with Gasteiger partial charge >= 0.3 is 5.65 Å². The number of aryl methyl sites for hydroxylation is 2. The van der Waals surface area contributed by atoms with Gasteiger partial charge in [0.15, 0.2) is 18.2 Å². The highest BCUT2D eigenvalue weighted by Gasteiger charge is 2.10. The van der Waals surface area contributed by atoms with Gasteiger partial charge in [-0.2, -0.15) is 0 Å². The highest BCUT2D eigenvalue weighted by molar-refractivity contribution is 7.58.